The number of rotatable bonds is 5. The van der Waals surface area contributed by atoms with E-state index >= 15 is 0 Å². The van der Waals surface area contributed by atoms with E-state index in [-0.39, 0.29) is 6.79 Å². The maximum Gasteiger partial charge on any atom is 0.416 e. The number of halogens is 3. The van der Waals surface area contributed by atoms with Crippen LogP contribution in [0, 0.1) is 6.07 Å². The number of benzene rings is 2. The van der Waals surface area contributed by atoms with Crippen molar-refractivity contribution in [2.45, 2.75) is 13.1 Å². The van der Waals surface area contributed by atoms with Crippen molar-refractivity contribution in [3.8, 4) is 16.9 Å². The smallest absolute Gasteiger partial charge is 0.416 e. The molecule has 0 saturated heterocycles. The van der Waals surface area contributed by atoms with Gasteiger partial charge in [-0.05, 0) is 42.3 Å². The van der Waals surface area contributed by atoms with Gasteiger partial charge in [-0.25, -0.2) is 0 Å². The van der Waals surface area contributed by atoms with E-state index in [1.807, 2.05) is 6.92 Å². The Morgan fingerprint density at radius 3 is 2.19 bits per heavy atom. The summed E-state index contributed by atoms with van der Waals surface area (Å²) >= 11 is 0. The van der Waals surface area contributed by atoms with Gasteiger partial charge in [-0.15, -0.1) is 0 Å². The van der Waals surface area contributed by atoms with E-state index < -0.39 is 11.7 Å². The van der Waals surface area contributed by atoms with Gasteiger partial charge in [0.25, 0.3) is 0 Å². The minimum atomic E-state index is -4.32. The maximum atomic E-state index is 12.5. The first kappa shape index (κ1) is 15.4. The molecule has 1 radical (unpaired) electrons. The molecular weight excluding hydrogens is 281 g/mol. The van der Waals surface area contributed by atoms with Crippen LogP contribution < -0.4 is 4.74 Å². The number of hydrogen-bond donors (Lipinski definition) is 0. The molecule has 2 nitrogen and oxygen atoms in total. The largest absolute Gasteiger partial charge is 0.467 e. The third kappa shape index (κ3) is 4.23. The van der Waals surface area contributed by atoms with E-state index in [1.165, 1.54) is 12.1 Å². The predicted molar refractivity (Wildman–Crippen MR) is 72.8 cm³/mol. The summed E-state index contributed by atoms with van der Waals surface area (Å²) in [5.74, 6) is 0.527. The first-order valence-corrected chi connectivity index (χ1v) is 6.40. The second-order valence-electron chi connectivity index (χ2n) is 4.27. The summed E-state index contributed by atoms with van der Waals surface area (Å²) in [6.45, 7) is 2.57. The molecule has 111 valence electrons. The van der Waals surface area contributed by atoms with Gasteiger partial charge in [0.1, 0.15) is 5.75 Å². The fraction of sp³-hybridized carbons (Fsp3) is 0.250. The summed E-state index contributed by atoms with van der Waals surface area (Å²) in [5.41, 5.74) is 0.801. The van der Waals surface area contributed by atoms with E-state index in [1.54, 1.807) is 18.2 Å². The van der Waals surface area contributed by atoms with Crippen LogP contribution in [0.5, 0.6) is 5.75 Å². The topological polar surface area (TPSA) is 18.5 Å². The van der Waals surface area contributed by atoms with E-state index in [4.69, 9.17) is 9.47 Å². The highest BCUT2D eigenvalue weighted by molar-refractivity contribution is 5.64. The Morgan fingerprint density at radius 2 is 1.67 bits per heavy atom. The molecule has 0 spiro atoms. The molecule has 0 amide bonds. The first-order chi connectivity index (χ1) is 10.0. The highest BCUT2D eigenvalue weighted by Crippen LogP contribution is 2.31. The molecule has 0 aliphatic rings. The molecule has 0 fully saturated rings. The minimum Gasteiger partial charge on any atom is -0.467 e. The van der Waals surface area contributed by atoms with Crippen LogP contribution in [0.3, 0.4) is 0 Å². The van der Waals surface area contributed by atoms with Crippen LogP contribution in [0.15, 0.2) is 42.5 Å². The van der Waals surface area contributed by atoms with Gasteiger partial charge in [0.2, 0.25) is 0 Å². The fourth-order valence-corrected chi connectivity index (χ4v) is 1.72. The lowest BCUT2D eigenvalue weighted by atomic mass is 10.0. The van der Waals surface area contributed by atoms with Crippen LogP contribution in [0.2, 0.25) is 0 Å². The first-order valence-electron chi connectivity index (χ1n) is 6.40. The third-order valence-electron chi connectivity index (χ3n) is 2.83. The van der Waals surface area contributed by atoms with Gasteiger partial charge in [0.15, 0.2) is 6.79 Å². The standard InChI is InChI=1S/C16H14F3O2/c1-2-20-11-21-15-9-5-13(6-10-15)12-3-7-14(8-4-12)16(17,18)19/h3-9H,2,11H2,1H3. The second-order valence-corrected chi connectivity index (χ2v) is 4.27. The Kier molecular flexibility index (Phi) is 4.85. The Labute approximate surface area is 121 Å². The lowest BCUT2D eigenvalue weighted by Crippen LogP contribution is -2.04. The Bertz CT molecular complexity index is 560. The van der Waals surface area contributed by atoms with Crippen molar-refractivity contribution in [2.75, 3.05) is 13.4 Å². The molecule has 0 heterocycles. The highest BCUT2D eigenvalue weighted by Gasteiger charge is 2.29. The van der Waals surface area contributed by atoms with Gasteiger partial charge in [0, 0.05) is 12.7 Å². The van der Waals surface area contributed by atoms with Crippen LogP contribution >= 0.6 is 0 Å². The average molecular weight is 295 g/mol. The zero-order valence-electron chi connectivity index (χ0n) is 11.4. The number of ether oxygens (including phenoxy) is 2. The Balaban J connectivity index is 2.08. The molecule has 0 aliphatic heterocycles. The zero-order valence-corrected chi connectivity index (χ0v) is 11.4. The van der Waals surface area contributed by atoms with Crippen LogP contribution in [0.4, 0.5) is 13.2 Å². The molecule has 21 heavy (non-hydrogen) atoms. The van der Waals surface area contributed by atoms with Crippen LogP contribution in [-0.2, 0) is 10.9 Å². The van der Waals surface area contributed by atoms with Gasteiger partial charge >= 0.3 is 6.18 Å². The predicted octanol–water partition coefficient (Wildman–Crippen LogP) is 4.55. The van der Waals surface area contributed by atoms with Crippen molar-refractivity contribution in [3.05, 3.63) is 54.1 Å². The van der Waals surface area contributed by atoms with Gasteiger partial charge in [-0.1, -0.05) is 18.2 Å². The van der Waals surface area contributed by atoms with Crippen molar-refractivity contribution in [2.24, 2.45) is 0 Å². The summed E-state index contributed by atoms with van der Waals surface area (Å²) in [6.07, 6.45) is -4.32. The number of hydrogen-bond acceptors (Lipinski definition) is 2. The van der Waals surface area contributed by atoms with Crippen LogP contribution in [0.1, 0.15) is 12.5 Å². The number of alkyl halides is 3. The Morgan fingerprint density at radius 1 is 1.00 bits per heavy atom. The van der Waals surface area contributed by atoms with Crippen molar-refractivity contribution < 1.29 is 22.6 Å². The second kappa shape index (κ2) is 6.63. The van der Waals surface area contributed by atoms with Gasteiger partial charge < -0.3 is 9.47 Å². The maximum absolute atomic E-state index is 12.5. The quantitative estimate of drug-likeness (QED) is 0.595. The summed E-state index contributed by atoms with van der Waals surface area (Å²) in [7, 11) is 0. The normalized spacial score (nSPS) is 11.4. The lowest BCUT2D eigenvalue weighted by molar-refractivity contribution is -0.137. The molecule has 0 unspecified atom stereocenters. The van der Waals surface area contributed by atoms with Gasteiger partial charge in [-0.2, -0.15) is 13.2 Å². The third-order valence-corrected chi connectivity index (χ3v) is 2.83. The van der Waals surface area contributed by atoms with Crippen molar-refractivity contribution in [1.82, 2.24) is 0 Å². The molecule has 0 saturated carbocycles. The molecule has 0 aromatic heterocycles. The van der Waals surface area contributed by atoms with E-state index in [0.717, 1.165) is 17.7 Å². The van der Waals surface area contributed by atoms with E-state index in [2.05, 4.69) is 6.07 Å². The molecule has 0 bridgehead atoms. The molecule has 0 N–H and O–H groups in total. The van der Waals surface area contributed by atoms with Crippen molar-refractivity contribution in [3.63, 3.8) is 0 Å². The van der Waals surface area contributed by atoms with E-state index in [9.17, 15) is 13.2 Å². The SMILES string of the molecule is CCOCOc1[c]cc(-c2ccc(C(F)(F)F)cc2)cc1. The monoisotopic (exact) mass is 295 g/mol. The summed E-state index contributed by atoms with van der Waals surface area (Å²) in [6, 6.07) is 13.1. The molecule has 2 aromatic rings. The average Bonchev–Trinajstić information content (AvgIpc) is 2.48. The van der Waals surface area contributed by atoms with Gasteiger partial charge in [-0.3, -0.25) is 0 Å². The molecule has 0 aliphatic carbocycles. The van der Waals surface area contributed by atoms with Crippen molar-refractivity contribution in [1.29, 1.82) is 0 Å². The molecular formula is C16H14F3O2. The summed E-state index contributed by atoms with van der Waals surface area (Å²) < 4.78 is 47.8. The fourth-order valence-electron chi connectivity index (χ4n) is 1.72. The Hall–Kier alpha value is -2.01. The molecule has 5 heteroatoms. The molecule has 2 rings (SSSR count). The van der Waals surface area contributed by atoms with Crippen LogP contribution in [-0.4, -0.2) is 13.4 Å². The summed E-state index contributed by atoms with van der Waals surface area (Å²) in [5, 5.41) is 0. The minimum absolute atomic E-state index is 0.145. The lowest BCUT2D eigenvalue weighted by Gasteiger charge is -2.09. The molecule has 0 atom stereocenters. The van der Waals surface area contributed by atoms with E-state index in [0.29, 0.717) is 17.9 Å². The molecule has 2 aromatic carbocycles. The highest BCUT2D eigenvalue weighted by atomic mass is 19.4. The summed E-state index contributed by atoms with van der Waals surface area (Å²) in [4.78, 5) is 0. The van der Waals surface area contributed by atoms with Crippen LogP contribution in [0.25, 0.3) is 11.1 Å². The van der Waals surface area contributed by atoms with Crippen molar-refractivity contribution >= 4 is 0 Å². The zero-order chi connectivity index (χ0) is 15.3. The van der Waals surface area contributed by atoms with Gasteiger partial charge in [0.05, 0.1) is 5.56 Å².